The number of benzene rings is 2. The highest BCUT2D eigenvalue weighted by Crippen LogP contribution is 2.49. The second-order valence-corrected chi connectivity index (χ2v) is 21.7. The Labute approximate surface area is 338 Å². The topological polar surface area (TPSA) is 142 Å². The summed E-state index contributed by atoms with van der Waals surface area (Å²) in [5, 5.41) is 13.7. The molecule has 2 aromatic carbocycles. The predicted molar refractivity (Wildman–Crippen MR) is 223 cm³/mol. The van der Waals surface area contributed by atoms with E-state index in [2.05, 4.69) is 102 Å². The number of fused-ring (bicyclic) bond motifs is 2. The van der Waals surface area contributed by atoms with Crippen LogP contribution in [0.3, 0.4) is 0 Å². The summed E-state index contributed by atoms with van der Waals surface area (Å²) in [6, 6.07) is 16.6. The summed E-state index contributed by atoms with van der Waals surface area (Å²) in [7, 11) is -6.42. The molecular formula is C42H56N3O8S3-. The molecule has 1 aliphatic carbocycles. The fourth-order valence-electron chi connectivity index (χ4n) is 8.13. The number of sulfonamides is 1. The van der Waals surface area contributed by atoms with Crippen molar-refractivity contribution in [3.8, 4) is 0 Å². The van der Waals surface area contributed by atoms with Gasteiger partial charge in [-0.05, 0) is 94.7 Å². The van der Waals surface area contributed by atoms with Gasteiger partial charge in [-0.15, -0.1) is 3.98 Å². The molecule has 14 heteroatoms. The summed E-state index contributed by atoms with van der Waals surface area (Å²) >= 11 is 0.993. The zero-order chi connectivity index (χ0) is 41.1. The van der Waals surface area contributed by atoms with E-state index in [1.165, 1.54) is 9.54 Å². The van der Waals surface area contributed by atoms with Crippen LogP contribution in [0.5, 0.6) is 0 Å². The standard InChI is InChI=1S/C42H57N3O8S3/c1-40(2,3)56(50,51)43(8)39-31(23-25-37-41(4,5)33-17-9-11-19-35(33)44(37)27-13-15-29-54-53-52-46)21-22-32(39)24-26-38-42(6,7)34-18-10-12-20-36(34)45(38)28-14-16-30-55(47,48)49/h9-12,17-20,23-26H,13-16,21-22,27-30H2,1-8H3,(H-,46,47,48,49)/p-1. The molecule has 56 heavy (non-hydrogen) atoms. The van der Waals surface area contributed by atoms with Gasteiger partial charge in [0.05, 0.1) is 10.1 Å². The van der Waals surface area contributed by atoms with Crippen LogP contribution in [0.4, 0.5) is 11.4 Å². The maximum atomic E-state index is 14.1. The van der Waals surface area contributed by atoms with Crippen molar-refractivity contribution in [3.05, 3.63) is 107 Å². The predicted octanol–water partition coefficient (Wildman–Crippen LogP) is 7.19. The van der Waals surface area contributed by atoms with Crippen LogP contribution in [0.1, 0.15) is 98.1 Å². The number of rotatable bonds is 15. The normalized spacial score (nSPS) is 21.8. The van der Waals surface area contributed by atoms with Gasteiger partial charge in [0, 0.05) is 81.4 Å². The molecule has 3 aliphatic rings. The Kier molecular flexibility index (Phi) is 13.6. The molecule has 2 aliphatic heterocycles. The lowest BCUT2D eigenvalue weighted by Gasteiger charge is -2.27. The van der Waals surface area contributed by atoms with Crippen molar-refractivity contribution in [1.29, 1.82) is 0 Å². The average Bonchev–Trinajstić information content (AvgIpc) is 3.70. The second kappa shape index (κ2) is 17.3. The van der Waals surface area contributed by atoms with Gasteiger partial charge in [0.15, 0.2) is 7.05 Å². The molecule has 0 aromatic heterocycles. The first-order valence-corrected chi connectivity index (χ1v) is 23.1. The Morgan fingerprint density at radius 1 is 0.768 bits per heavy atom. The Morgan fingerprint density at radius 2 is 1.23 bits per heavy atom. The molecule has 1 fully saturated rings. The van der Waals surface area contributed by atoms with E-state index in [-0.39, 0.29) is 17.3 Å². The molecule has 0 bridgehead atoms. The molecule has 0 N–H and O–H groups in total. The van der Waals surface area contributed by atoms with Crippen molar-refractivity contribution in [2.45, 2.75) is 103 Å². The van der Waals surface area contributed by atoms with Gasteiger partial charge in [-0.25, -0.2) is 8.42 Å². The summed E-state index contributed by atoms with van der Waals surface area (Å²) in [5.74, 6) is 0.220. The number of allylic oxidation sites excluding steroid dienone is 8. The van der Waals surface area contributed by atoms with E-state index in [0.717, 1.165) is 70.9 Å². The van der Waals surface area contributed by atoms with Crippen LogP contribution >= 0.6 is 12.0 Å². The van der Waals surface area contributed by atoms with Crippen molar-refractivity contribution >= 4 is 49.3 Å². The van der Waals surface area contributed by atoms with Gasteiger partial charge < -0.3 is 19.6 Å². The smallest absolute Gasteiger partial charge is 0.369 e. The largest absolute Gasteiger partial charge is 0.748 e. The van der Waals surface area contributed by atoms with Crippen LogP contribution in [-0.4, -0.2) is 67.5 Å². The summed E-state index contributed by atoms with van der Waals surface area (Å²) in [4.78, 5) is 4.54. The molecule has 2 aromatic rings. The number of hydrogen-bond acceptors (Lipinski definition) is 11. The minimum Gasteiger partial charge on any atom is -0.748 e. The highest BCUT2D eigenvalue weighted by atomic mass is 32.2. The molecule has 0 atom stereocenters. The number of unbranched alkanes of at least 4 members (excludes halogenated alkanes) is 2. The van der Waals surface area contributed by atoms with E-state index in [1.807, 2.05) is 18.2 Å². The van der Waals surface area contributed by atoms with Crippen LogP contribution in [0.25, 0.3) is 0 Å². The summed E-state index contributed by atoms with van der Waals surface area (Å²) in [6.07, 6.45) is 12.1. The third kappa shape index (κ3) is 9.22. The molecule has 0 radical (unpaired) electrons. The van der Waals surface area contributed by atoms with E-state index in [9.17, 15) is 26.6 Å². The number of para-hydroxylation sites is 2. The molecule has 306 valence electrons. The highest BCUT2D eigenvalue weighted by Gasteiger charge is 2.44. The first-order chi connectivity index (χ1) is 26.2. The number of nitrogens with zero attached hydrogens (tertiary/aromatic N) is 3. The van der Waals surface area contributed by atoms with Gasteiger partial charge in [0.1, 0.15) is 4.75 Å². The lowest BCUT2D eigenvalue weighted by molar-refractivity contribution is -0.777. The van der Waals surface area contributed by atoms with E-state index in [1.54, 1.807) is 27.8 Å². The summed E-state index contributed by atoms with van der Waals surface area (Å²) in [6.45, 7) is 15.2. The maximum Gasteiger partial charge on any atom is 0.369 e. The molecule has 0 saturated heterocycles. The van der Waals surface area contributed by atoms with Crippen molar-refractivity contribution in [2.75, 3.05) is 41.4 Å². The molecule has 0 amide bonds. The molecule has 0 spiro atoms. The van der Waals surface area contributed by atoms with Crippen molar-refractivity contribution in [2.24, 2.45) is 0 Å². The molecule has 0 unspecified atom stereocenters. The first kappa shape index (κ1) is 43.9. The molecular weight excluding hydrogens is 771 g/mol. The Bertz CT molecular complexity index is 2160. The van der Waals surface area contributed by atoms with Crippen LogP contribution in [0.15, 0.2) is 95.4 Å². The van der Waals surface area contributed by atoms with Gasteiger partial charge in [-0.2, -0.15) is 12.8 Å². The van der Waals surface area contributed by atoms with E-state index < -0.39 is 30.6 Å². The van der Waals surface area contributed by atoms with Gasteiger partial charge in [-0.3, -0.25) is 5.04 Å². The van der Waals surface area contributed by atoms with Gasteiger partial charge in [0.2, 0.25) is 5.71 Å². The molecule has 5 rings (SSSR count). The summed E-state index contributed by atoms with van der Waals surface area (Å²) in [5.41, 5.74) is 8.50. The third-order valence-electron chi connectivity index (χ3n) is 11.2. The fourth-order valence-corrected chi connectivity index (χ4v) is 10.4. The monoisotopic (exact) mass is 826 g/mol. The Hall–Kier alpha value is -3.24. The van der Waals surface area contributed by atoms with Crippen LogP contribution in [0.2, 0.25) is 0 Å². The first-order valence-electron chi connectivity index (χ1n) is 19.2. The third-order valence-corrected chi connectivity index (χ3v) is 15.0. The summed E-state index contributed by atoms with van der Waals surface area (Å²) < 4.78 is 67.0. The number of anilines is 2. The quantitative estimate of drug-likeness (QED) is 0.0450. The van der Waals surface area contributed by atoms with Crippen molar-refractivity contribution in [1.82, 2.24) is 0 Å². The van der Waals surface area contributed by atoms with E-state index in [0.29, 0.717) is 37.3 Å². The van der Waals surface area contributed by atoms with Crippen LogP contribution in [-0.2, 0) is 40.3 Å². The zero-order valence-electron chi connectivity index (χ0n) is 33.8. The fraction of sp³-hybridized carbons (Fsp3) is 0.500. The molecule has 1 saturated carbocycles. The minimum atomic E-state index is -4.30. The zero-order valence-corrected chi connectivity index (χ0v) is 36.3. The van der Waals surface area contributed by atoms with E-state index in [4.69, 9.17) is 0 Å². The highest BCUT2D eigenvalue weighted by molar-refractivity contribution is 7.94. The Balaban J connectivity index is 1.57. The lowest BCUT2D eigenvalue weighted by atomic mass is 9.83. The van der Waals surface area contributed by atoms with E-state index >= 15 is 0 Å². The van der Waals surface area contributed by atoms with Crippen LogP contribution < -0.4 is 15.1 Å². The van der Waals surface area contributed by atoms with Crippen molar-refractivity contribution < 1.29 is 40.0 Å². The average molecular weight is 827 g/mol. The molecule has 11 nitrogen and oxygen atoms in total. The minimum absolute atomic E-state index is 0.266. The lowest BCUT2D eigenvalue weighted by Crippen LogP contribution is -2.38. The van der Waals surface area contributed by atoms with Gasteiger partial charge in [0.25, 0.3) is 0 Å². The van der Waals surface area contributed by atoms with Gasteiger partial charge in [-0.1, -0.05) is 76.2 Å². The second-order valence-electron chi connectivity index (χ2n) is 16.6. The maximum absolute atomic E-state index is 14.1. The van der Waals surface area contributed by atoms with Gasteiger partial charge >= 0.3 is 10.0 Å². The SMILES string of the molecule is C\[N+](=C1C(=C/C=C2/N(CCCCSOO[O-])c3ccccc3C2(C)C)CCC/1=C\C=C1\N(CCCCS(=O)(=O)[O-])c2ccccc2C1(C)C)S(=O)(=O)C(C)(C)C. The van der Waals surface area contributed by atoms with Crippen molar-refractivity contribution in [3.63, 3.8) is 0 Å². The number of hydrogen-bond donors (Lipinski definition) is 0. The molecule has 2 heterocycles. The Morgan fingerprint density at radius 3 is 1.68 bits per heavy atom. The van der Waals surface area contributed by atoms with Crippen LogP contribution in [0, 0.1) is 0 Å².